The summed E-state index contributed by atoms with van der Waals surface area (Å²) in [6, 6.07) is 70.8. The molecule has 0 saturated carbocycles. The number of hydrogen-bond donors (Lipinski definition) is 0. The first-order valence-corrected chi connectivity index (χ1v) is 19.9. The Hall–Kier alpha value is -7.16. The molecular formula is C55H39NO. The molecule has 11 rings (SSSR count). The van der Waals surface area contributed by atoms with Crippen LogP contribution in [0.3, 0.4) is 0 Å². The normalized spacial score (nSPS) is 13.9. The molecule has 57 heavy (non-hydrogen) atoms. The Bertz CT molecular complexity index is 2920. The lowest BCUT2D eigenvalue weighted by molar-refractivity contribution is 0.596. The standard InChI is InChI=1S/C55H39NO/c1-3-12-37(13-4-1)38-22-24-39(25-23-38)40-26-30-43(31-27-40)56(44-32-28-41(29-33-44)46-19-11-20-51-48-17-9-10-21-53(48)57-55(46)51)45-34-35-50-52(36-45)47-16-7-8-18-49(47)54(50)42-14-5-2-6-15-42/h1-8,10-16,18-36,54H,9,17H2. The summed E-state index contributed by atoms with van der Waals surface area (Å²) in [4.78, 5) is 2.39. The van der Waals surface area contributed by atoms with Crippen LogP contribution in [0.25, 0.3) is 61.6 Å². The van der Waals surface area contributed by atoms with Crippen molar-refractivity contribution in [1.29, 1.82) is 0 Å². The molecule has 8 aromatic carbocycles. The lowest BCUT2D eigenvalue weighted by atomic mass is 9.89. The number of benzene rings is 8. The first-order valence-electron chi connectivity index (χ1n) is 19.9. The van der Waals surface area contributed by atoms with Crippen molar-refractivity contribution in [3.05, 3.63) is 228 Å². The van der Waals surface area contributed by atoms with Gasteiger partial charge in [0, 0.05) is 39.5 Å². The van der Waals surface area contributed by atoms with Crippen LogP contribution < -0.4 is 4.90 Å². The van der Waals surface area contributed by atoms with Crippen molar-refractivity contribution in [2.75, 3.05) is 4.90 Å². The summed E-state index contributed by atoms with van der Waals surface area (Å²) in [5, 5.41) is 1.22. The van der Waals surface area contributed by atoms with Gasteiger partial charge in [0.1, 0.15) is 11.3 Å². The van der Waals surface area contributed by atoms with Crippen LogP contribution in [-0.4, -0.2) is 0 Å². The van der Waals surface area contributed by atoms with E-state index in [9.17, 15) is 0 Å². The summed E-state index contributed by atoms with van der Waals surface area (Å²) in [6.45, 7) is 0. The molecule has 2 heteroatoms. The fraction of sp³-hybridized carbons (Fsp3) is 0.0545. The lowest BCUT2D eigenvalue weighted by Gasteiger charge is -2.27. The molecule has 2 aliphatic carbocycles. The Morgan fingerprint density at radius 1 is 0.439 bits per heavy atom. The fourth-order valence-corrected chi connectivity index (χ4v) is 9.09. The molecule has 9 aromatic rings. The molecular weight excluding hydrogens is 691 g/mol. The molecule has 0 aliphatic heterocycles. The molecule has 0 amide bonds. The van der Waals surface area contributed by atoms with Crippen molar-refractivity contribution >= 4 is 34.1 Å². The zero-order chi connectivity index (χ0) is 37.7. The van der Waals surface area contributed by atoms with Crippen LogP contribution in [-0.2, 0) is 6.42 Å². The van der Waals surface area contributed by atoms with E-state index in [1.165, 1.54) is 61.0 Å². The fourth-order valence-electron chi connectivity index (χ4n) is 9.09. The van der Waals surface area contributed by atoms with Gasteiger partial charge in [-0.2, -0.15) is 0 Å². The minimum atomic E-state index is 0.206. The summed E-state index contributed by atoms with van der Waals surface area (Å²) < 4.78 is 6.48. The first-order chi connectivity index (χ1) is 28.3. The van der Waals surface area contributed by atoms with Crippen LogP contribution >= 0.6 is 0 Å². The maximum Gasteiger partial charge on any atom is 0.142 e. The van der Waals surface area contributed by atoms with Gasteiger partial charge in [-0.25, -0.2) is 0 Å². The third kappa shape index (κ3) is 5.81. The molecule has 1 aromatic heterocycles. The molecule has 2 aliphatic rings. The van der Waals surface area contributed by atoms with Crippen LogP contribution in [0.2, 0.25) is 0 Å². The zero-order valence-corrected chi connectivity index (χ0v) is 31.5. The monoisotopic (exact) mass is 729 g/mol. The molecule has 2 nitrogen and oxygen atoms in total. The molecule has 0 bridgehead atoms. The predicted molar refractivity (Wildman–Crippen MR) is 237 cm³/mol. The zero-order valence-electron chi connectivity index (χ0n) is 31.5. The molecule has 0 N–H and O–H groups in total. The Balaban J connectivity index is 1.000. The second-order valence-corrected chi connectivity index (χ2v) is 15.1. The van der Waals surface area contributed by atoms with E-state index in [-0.39, 0.29) is 5.92 Å². The largest absolute Gasteiger partial charge is 0.456 e. The van der Waals surface area contributed by atoms with Crippen LogP contribution in [0.5, 0.6) is 0 Å². The average molecular weight is 730 g/mol. The molecule has 270 valence electrons. The molecule has 0 spiro atoms. The summed E-state index contributed by atoms with van der Waals surface area (Å²) in [5.41, 5.74) is 19.3. The van der Waals surface area contributed by atoms with E-state index >= 15 is 0 Å². The van der Waals surface area contributed by atoms with E-state index in [0.717, 1.165) is 52.4 Å². The number of allylic oxidation sites excluding steroid dienone is 1. The molecule has 0 fully saturated rings. The summed E-state index contributed by atoms with van der Waals surface area (Å²) in [6.07, 6.45) is 6.41. The number of para-hydroxylation sites is 1. The van der Waals surface area contributed by atoms with Gasteiger partial charge in [-0.15, -0.1) is 0 Å². The molecule has 1 unspecified atom stereocenters. The molecule has 1 heterocycles. The van der Waals surface area contributed by atoms with E-state index in [2.05, 4.69) is 211 Å². The predicted octanol–water partition coefficient (Wildman–Crippen LogP) is 15.0. The van der Waals surface area contributed by atoms with Crippen molar-refractivity contribution in [1.82, 2.24) is 0 Å². The van der Waals surface area contributed by atoms with E-state index in [4.69, 9.17) is 4.42 Å². The topological polar surface area (TPSA) is 16.4 Å². The van der Waals surface area contributed by atoms with Gasteiger partial charge in [-0.05, 0) is 111 Å². The number of fused-ring (bicyclic) bond motifs is 6. The SMILES string of the molecule is C1=Cc2oc3c(-c4ccc(N(c5ccc(-c6ccc(-c7ccccc7)cc6)cc5)c5ccc6c(c5)-c5ccccc5C6c5ccccc5)cc4)cccc3c2CC1. The van der Waals surface area contributed by atoms with Crippen LogP contribution in [0.4, 0.5) is 17.1 Å². The van der Waals surface area contributed by atoms with Gasteiger partial charge in [-0.3, -0.25) is 0 Å². The number of furan rings is 1. The molecule has 0 saturated heterocycles. The summed E-state index contributed by atoms with van der Waals surface area (Å²) in [5.74, 6) is 1.20. The van der Waals surface area contributed by atoms with Crippen LogP contribution in [0.15, 0.2) is 205 Å². The number of rotatable bonds is 7. The highest BCUT2D eigenvalue weighted by atomic mass is 16.3. The van der Waals surface area contributed by atoms with Crippen molar-refractivity contribution in [2.45, 2.75) is 18.8 Å². The van der Waals surface area contributed by atoms with Crippen molar-refractivity contribution in [2.24, 2.45) is 0 Å². The summed E-state index contributed by atoms with van der Waals surface area (Å²) >= 11 is 0. The third-order valence-corrected chi connectivity index (χ3v) is 11.9. The highest BCUT2D eigenvalue weighted by Gasteiger charge is 2.30. The second-order valence-electron chi connectivity index (χ2n) is 15.1. The van der Waals surface area contributed by atoms with Gasteiger partial charge >= 0.3 is 0 Å². The molecule has 1 atom stereocenters. The number of hydrogen-bond acceptors (Lipinski definition) is 2. The van der Waals surface area contributed by atoms with Crippen molar-refractivity contribution in [3.63, 3.8) is 0 Å². The maximum absolute atomic E-state index is 6.48. The highest BCUT2D eigenvalue weighted by molar-refractivity contribution is 5.97. The first kappa shape index (κ1) is 33.2. The summed E-state index contributed by atoms with van der Waals surface area (Å²) in [7, 11) is 0. The highest BCUT2D eigenvalue weighted by Crippen LogP contribution is 2.50. The Kier molecular flexibility index (Phi) is 8.07. The third-order valence-electron chi connectivity index (χ3n) is 11.9. The van der Waals surface area contributed by atoms with Crippen LogP contribution in [0, 0.1) is 0 Å². The van der Waals surface area contributed by atoms with E-state index in [0.29, 0.717) is 0 Å². The van der Waals surface area contributed by atoms with Gasteiger partial charge < -0.3 is 9.32 Å². The Labute approximate surface area is 333 Å². The number of aryl methyl sites for hydroxylation is 1. The second kappa shape index (κ2) is 13.8. The minimum absolute atomic E-state index is 0.206. The average Bonchev–Trinajstić information content (AvgIpc) is 3.84. The van der Waals surface area contributed by atoms with E-state index < -0.39 is 0 Å². The van der Waals surface area contributed by atoms with E-state index in [1.807, 2.05) is 0 Å². The van der Waals surface area contributed by atoms with Gasteiger partial charge in [-0.1, -0.05) is 164 Å². The van der Waals surface area contributed by atoms with Gasteiger partial charge in [0.2, 0.25) is 0 Å². The van der Waals surface area contributed by atoms with Gasteiger partial charge in [0.05, 0.1) is 0 Å². The van der Waals surface area contributed by atoms with Crippen molar-refractivity contribution in [3.8, 4) is 44.5 Å². The smallest absolute Gasteiger partial charge is 0.142 e. The maximum atomic E-state index is 6.48. The Morgan fingerprint density at radius 2 is 1.00 bits per heavy atom. The van der Waals surface area contributed by atoms with Crippen molar-refractivity contribution < 1.29 is 4.42 Å². The van der Waals surface area contributed by atoms with Crippen LogP contribution in [0.1, 0.15) is 40.4 Å². The molecule has 0 radical (unpaired) electrons. The Morgan fingerprint density at radius 3 is 1.72 bits per heavy atom. The number of nitrogens with zero attached hydrogens (tertiary/aromatic N) is 1. The number of anilines is 3. The van der Waals surface area contributed by atoms with E-state index in [1.54, 1.807) is 0 Å². The van der Waals surface area contributed by atoms with Gasteiger partial charge in [0.15, 0.2) is 0 Å². The lowest BCUT2D eigenvalue weighted by Crippen LogP contribution is -2.10. The minimum Gasteiger partial charge on any atom is -0.456 e. The van der Waals surface area contributed by atoms with Gasteiger partial charge in [0.25, 0.3) is 0 Å². The quantitative estimate of drug-likeness (QED) is 0.162.